The Morgan fingerprint density at radius 2 is 1.94 bits per heavy atom. The Kier molecular flexibility index (Phi) is 2.33. The molecule has 6 heteroatoms. The van der Waals surface area contributed by atoms with E-state index in [2.05, 4.69) is 20.2 Å². The van der Waals surface area contributed by atoms with Crippen LogP contribution in [0.25, 0.3) is 22.3 Å². The van der Waals surface area contributed by atoms with Crippen molar-refractivity contribution in [2.24, 2.45) is 0 Å². The highest BCUT2D eigenvalue weighted by atomic mass is 16.5. The number of nitrogens with zero attached hydrogens (tertiary/aromatic N) is 3. The van der Waals surface area contributed by atoms with Crippen LogP contribution >= 0.6 is 0 Å². The van der Waals surface area contributed by atoms with Gasteiger partial charge in [-0.3, -0.25) is 5.10 Å². The largest absolute Gasteiger partial charge is 0.497 e. The summed E-state index contributed by atoms with van der Waals surface area (Å²) < 4.78 is 5.13. The summed E-state index contributed by atoms with van der Waals surface area (Å²) in [6.07, 6.45) is 1.69. The number of benzene rings is 1. The number of nitrogens with two attached hydrogens (primary N) is 1. The number of aromatic nitrogens is 4. The van der Waals surface area contributed by atoms with Gasteiger partial charge in [-0.25, -0.2) is 4.98 Å². The van der Waals surface area contributed by atoms with Crippen LogP contribution in [0.2, 0.25) is 0 Å². The van der Waals surface area contributed by atoms with Crippen molar-refractivity contribution < 1.29 is 4.74 Å². The van der Waals surface area contributed by atoms with Crippen LogP contribution in [0.5, 0.6) is 5.75 Å². The molecule has 2 aromatic heterocycles. The fourth-order valence-electron chi connectivity index (χ4n) is 1.82. The molecule has 0 amide bonds. The molecule has 0 aliphatic rings. The van der Waals surface area contributed by atoms with E-state index in [0.717, 1.165) is 22.4 Å². The molecule has 6 nitrogen and oxygen atoms in total. The van der Waals surface area contributed by atoms with Crippen LogP contribution in [-0.4, -0.2) is 27.3 Å². The first-order valence-corrected chi connectivity index (χ1v) is 5.39. The maximum absolute atomic E-state index is 5.68. The Hall–Kier alpha value is -2.63. The molecule has 1 aromatic carbocycles. The highest BCUT2D eigenvalue weighted by Crippen LogP contribution is 2.26. The van der Waals surface area contributed by atoms with Gasteiger partial charge in [-0.05, 0) is 24.3 Å². The van der Waals surface area contributed by atoms with Gasteiger partial charge in [0.1, 0.15) is 5.75 Å². The minimum atomic E-state index is 0.220. The fourth-order valence-corrected chi connectivity index (χ4v) is 1.82. The summed E-state index contributed by atoms with van der Waals surface area (Å²) in [4.78, 5) is 8.34. The van der Waals surface area contributed by atoms with Crippen molar-refractivity contribution in [1.82, 2.24) is 20.2 Å². The molecule has 90 valence electrons. The maximum atomic E-state index is 5.68. The molecular weight excluding hydrogens is 230 g/mol. The standard InChI is InChI=1S/C12H11N5O/c1-18-8-4-2-7(3-5-8)10-9-6-14-17-11(9)16-12(13)15-10/h2-6H,1H3,(H3,13,14,15,16,17). The van der Waals surface area contributed by atoms with Crippen molar-refractivity contribution in [1.29, 1.82) is 0 Å². The van der Waals surface area contributed by atoms with Gasteiger partial charge in [-0.15, -0.1) is 0 Å². The predicted molar refractivity (Wildman–Crippen MR) is 68.1 cm³/mol. The Labute approximate surface area is 103 Å². The lowest BCUT2D eigenvalue weighted by molar-refractivity contribution is 0.415. The molecule has 0 aliphatic carbocycles. The first-order chi connectivity index (χ1) is 8.78. The normalized spacial score (nSPS) is 10.7. The fraction of sp³-hybridized carbons (Fsp3) is 0.0833. The Balaban J connectivity index is 2.20. The van der Waals surface area contributed by atoms with Gasteiger partial charge in [0.2, 0.25) is 5.95 Å². The van der Waals surface area contributed by atoms with Crippen molar-refractivity contribution in [3.63, 3.8) is 0 Å². The molecule has 3 rings (SSSR count). The van der Waals surface area contributed by atoms with Crippen molar-refractivity contribution in [2.45, 2.75) is 0 Å². The van der Waals surface area contributed by atoms with Gasteiger partial charge < -0.3 is 10.5 Å². The topological polar surface area (TPSA) is 89.7 Å². The second-order valence-corrected chi connectivity index (χ2v) is 3.79. The first-order valence-electron chi connectivity index (χ1n) is 5.39. The minimum Gasteiger partial charge on any atom is -0.497 e. The number of aromatic amines is 1. The summed E-state index contributed by atoms with van der Waals surface area (Å²) in [6, 6.07) is 7.60. The number of fused-ring (bicyclic) bond motifs is 1. The predicted octanol–water partition coefficient (Wildman–Crippen LogP) is 1.61. The molecule has 0 atom stereocenters. The molecule has 3 N–H and O–H groups in total. The van der Waals surface area contributed by atoms with E-state index in [1.807, 2.05) is 24.3 Å². The van der Waals surface area contributed by atoms with Gasteiger partial charge >= 0.3 is 0 Å². The molecule has 0 bridgehead atoms. The van der Waals surface area contributed by atoms with Crippen LogP contribution < -0.4 is 10.5 Å². The monoisotopic (exact) mass is 241 g/mol. The minimum absolute atomic E-state index is 0.220. The molecule has 0 radical (unpaired) electrons. The van der Waals surface area contributed by atoms with Gasteiger partial charge in [-0.1, -0.05) is 0 Å². The zero-order valence-corrected chi connectivity index (χ0v) is 9.71. The number of nitrogens with one attached hydrogen (secondary N) is 1. The number of methoxy groups -OCH3 is 1. The number of nitrogen functional groups attached to an aromatic ring is 1. The molecule has 0 fully saturated rings. The number of H-pyrrole nitrogens is 1. The summed E-state index contributed by atoms with van der Waals surface area (Å²) in [7, 11) is 1.63. The second-order valence-electron chi connectivity index (χ2n) is 3.79. The van der Waals surface area contributed by atoms with E-state index in [0.29, 0.717) is 5.65 Å². The highest BCUT2D eigenvalue weighted by Gasteiger charge is 2.10. The van der Waals surface area contributed by atoms with E-state index in [1.165, 1.54) is 0 Å². The van der Waals surface area contributed by atoms with Crippen LogP contribution in [0, 0.1) is 0 Å². The van der Waals surface area contributed by atoms with Gasteiger partial charge in [0.05, 0.1) is 24.4 Å². The van der Waals surface area contributed by atoms with Crippen LogP contribution in [0.4, 0.5) is 5.95 Å². The van der Waals surface area contributed by atoms with Gasteiger partial charge in [-0.2, -0.15) is 10.1 Å². The van der Waals surface area contributed by atoms with Crippen LogP contribution in [-0.2, 0) is 0 Å². The van der Waals surface area contributed by atoms with E-state index in [1.54, 1.807) is 13.3 Å². The Bertz CT molecular complexity index is 689. The summed E-state index contributed by atoms with van der Waals surface area (Å²) in [5.74, 6) is 1.02. The van der Waals surface area contributed by atoms with E-state index < -0.39 is 0 Å². The lowest BCUT2D eigenvalue weighted by Gasteiger charge is -2.04. The van der Waals surface area contributed by atoms with Crippen LogP contribution in [0.3, 0.4) is 0 Å². The molecule has 0 saturated carbocycles. The smallest absolute Gasteiger partial charge is 0.222 e. The highest BCUT2D eigenvalue weighted by molar-refractivity contribution is 5.90. The average Bonchev–Trinajstić information content (AvgIpc) is 2.86. The summed E-state index contributed by atoms with van der Waals surface area (Å²) in [6.45, 7) is 0. The molecule has 0 aliphatic heterocycles. The number of ether oxygens (including phenoxy) is 1. The molecule has 2 heterocycles. The van der Waals surface area contributed by atoms with E-state index >= 15 is 0 Å². The molecule has 0 saturated heterocycles. The molecule has 18 heavy (non-hydrogen) atoms. The third-order valence-corrected chi connectivity index (χ3v) is 2.69. The Morgan fingerprint density at radius 3 is 2.67 bits per heavy atom. The van der Waals surface area contributed by atoms with Crippen molar-refractivity contribution in [2.75, 3.05) is 12.8 Å². The molecule has 3 aromatic rings. The maximum Gasteiger partial charge on any atom is 0.222 e. The van der Waals surface area contributed by atoms with E-state index in [9.17, 15) is 0 Å². The van der Waals surface area contributed by atoms with Crippen molar-refractivity contribution in [3.05, 3.63) is 30.5 Å². The van der Waals surface area contributed by atoms with Gasteiger partial charge in [0.15, 0.2) is 5.65 Å². The third-order valence-electron chi connectivity index (χ3n) is 2.69. The van der Waals surface area contributed by atoms with Crippen molar-refractivity contribution in [3.8, 4) is 17.0 Å². The molecule has 0 unspecified atom stereocenters. The average molecular weight is 241 g/mol. The number of hydrogen-bond acceptors (Lipinski definition) is 5. The van der Waals surface area contributed by atoms with Gasteiger partial charge in [0.25, 0.3) is 0 Å². The second kappa shape index (κ2) is 3.99. The van der Waals surface area contributed by atoms with E-state index in [4.69, 9.17) is 10.5 Å². The zero-order valence-electron chi connectivity index (χ0n) is 9.71. The quantitative estimate of drug-likeness (QED) is 0.711. The third kappa shape index (κ3) is 1.64. The summed E-state index contributed by atoms with van der Waals surface area (Å²) in [5, 5.41) is 7.58. The lowest BCUT2D eigenvalue weighted by atomic mass is 10.1. The van der Waals surface area contributed by atoms with E-state index in [-0.39, 0.29) is 5.95 Å². The first kappa shape index (κ1) is 10.5. The van der Waals surface area contributed by atoms with Crippen LogP contribution in [0.1, 0.15) is 0 Å². The molecular formula is C12H11N5O. The number of rotatable bonds is 2. The molecule has 0 spiro atoms. The lowest BCUT2D eigenvalue weighted by Crippen LogP contribution is -1.97. The van der Waals surface area contributed by atoms with Crippen LogP contribution in [0.15, 0.2) is 30.5 Å². The Morgan fingerprint density at radius 1 is 1.17 bits per heavy atom. The number of anilines is 1. The van der Waals surface area contributed by atoms with Crippen molar-refractivity contribution >= 4 is 17.0 Å². The zero-order chi connectivity index (χ0) is 12.5. The summed E-state index contributed by atoms with van der Waals surface area (Å²) in [5.41, 5.74) is 8.01. The van der Waals surface area contributed by atoms with Gasteiger partial charge in [0, 0.05) is 5.56 Å². The summed E-state index contributed by atoms with van der Waals surface area (Å²) >= 11 is 0. The number of hydrogen-bond donors (Lipinski definition) is 2. The SMILES string of the molecule is COc1ccc(-c2nc(N)nc3[nH]ncc23)cc1.